The first kappa shape index (κ1) is 16.0. The van der Waals surface area contributed by atoms with Gasteiger partial charge >= 0.3 is 6.61 Å². The Morgan fingerprint density at radius 3 is 2.75 bits per heavy atom. The molecule has 4 nitrogen and oxygen atoms in total. The summed E-state index contributed by atoms with van der Waals surface area (Å²) in [5.74, 6) is -1.34. The fourth-order valence-electron chi connectivity index (χ4n) is 2.44. The van der Waals surface area contributed by atoms with Gasteiger partial charge in [-0.2, -0.15) is 13.9 Å². The molecule has 124 valence electrons. The predicted octanol–water partition coefficient (Wildman–Crippen LogP) is 4.04. The number of ether oxygens (including phenoxy) is 1. The zero-order chi connectivity index (χ0) is 17.1. The van der Waals surface area contributed by atoms with E-state index < -0.39 is 18.2 Å². The van der Waals surface area contributed by atoms with Gasteiger partial charge in [-0.25, -0.2) is 4.39 Å². The SMILES string of the molecule is Cc1cc(Cn2cccn2)cnc1-c1ccc(F)c(OC(F)F)c1. The van der Waals surface area contributed by atoms with Gasteiger partial charge in [0.05, 0.1) is 12.2 Å². The number of hydrogen-bond acceptors (Lipinski definition) is 3. The van der Waals surface area contributed by atoms with Crippen molar-refractivity contribution in [1.82, 2.24) is 14.8 Å². The van der Waals surface area contributed by atoms with Gasteiger partial charge in [-0.1, -0.05) is 6.07 Å². The Hall–Kier alpha value is -2.83. The second-order valence-corrected chi connectivity index (χ2v) is 5.24. The highest BCUT2D eigenvalue weighted by Crippen LogP contribution is 2.28. The van der Waals surface area contributed by atoms with Crippen LogP contribution in [0.15, 0.2) is 48.9 Å². The van der Waals surface area contributed by atoms with Crippen molar-refractivity contribution in [3.8, 4) is 17.0 Å². The van der Waals surface area contributed by atoms with Crippen LogP contribution in [-0.4, -0.2) is 21.4 Å². The van der Waals surface area contributed by atoms with E-state index in [1.807, 2.05) is 25.3 Å². The van der Waals surface area contributed by atoms with Crippen molar-refractivity contribution in [2.75, 3.05) is 0 Å². The number of nitrogens with zero attached hydrogens (tertiary/aromatic N) is 3. The maximum absolute atomic E-state index is 13.5. The maximum Gasteiger partial charge on any atom is 0.387 e. The minimum absolute atomic E-state index is 0.496. The third kappa shape index (κ3) is 3.56. The van der Waals surface area contributed by atoms with Crippen molar-refractivity contribution in [1.29, 1.82) is 0 Å². The second kappa shape index (κ2) is 6.74. The first-order valence-electron chi connectivity index (χ1n) is 7.20. The van der Waals surface area contributed by atoms with E-state index in [1.165, 1.54) is 12.1 Å². The average Bonchev–Trinajstić information content (AvgIpc) is 3.02. The van der Waals surface area contributed by atoms with Crippen LogP contribution in [0.1, 0.15) is 11.1 Å². The van der Waals surface area contributed by atoms with E-state index in [4.69, 9.17) is 0 Å². The highest BCUT2D eigenvalue weighted by molar-refractivity contribution is 5.65. The fourth-order valence-corrected chi connectivity index (χ4v) is 2.44. The van der Waals surface area contributed by atoms with Crippen LogP contribution in [0.2, 0.25) is 0 Å². The lowest BCUT2D eigenvalue weighted by atomic mass is 10.0. The van der Waals surface area contributed by atoms with Crippen LogP contribution in [0.25, 0.3) is 11.3 Å². The number of alkyl halides is 2. The predicted molar refractivity (Wildman–Crippen MR) is 82.3 cm³/mol. The molecule has 0 atom stereocenters. The molecule has 24 heavy (non-hydrogen) atoms. The molecule has 0 N–H and O–H groups in total. The molecule has 0 aliphatic heterocycles. The molecule has 1 aromatic carbocycles. The van der Waals surface area contributed by atoms with Crippen molar-refractivity contribution < 1.29 is 17.9 Å². The smallest absolute Gasteiger partial charge is 0.387 e. The molecule has 0 spiro atoms. The number of rotatable bonds is 5. The van der Waals surface area contributed by atoms with Crippen LogP contribution in [0.4, 0.5) is 13.2 Å². The van der Waals surface area contributed by atoms with Gasteiger partial charge < -0.3 is 4.74 Å². The lowest BCUT2D eigenvalue weighted by molar-refractivity contribution is -0.0521. The average molecular weight is 333 g/mol. The van der Waals surface area contributed by atoms with Crippen LogP contribution in [-0.2, 0) is 6.54 Å². The van der Waals surface area contributed by atoms with E-state index >= 15 is 0 Å². The Kier molecular flexibility index (Phi) is 4.50. The van der Waals surface area contributed by atoms with Crippen molar-refractivity contribution >= 4 is 0 Å². The number of aryl methyl sites for hydroxylation is 1. The van der Waals surface area contributed by atoms with Gasteiger partial charge in [0.1, 0.15) is 0 Å². The molecule has 0 aliphatic rings. The van der Waals surface area contributed by atoms with Crippen LogP contribution in [0, 0.1) is 12.7 Å². The summed E-state index contributed by atoms with van der Waals surface area (Å²) in [6.07, 6.45) is 5.22. The molecule has 0 bridgehead atoms. The van der Waals surface area contributed by atoms with Gasteiger partial charge in [0, 0.05) is 24.2 Å². The number of hydrogen-bond donors (Lipinski definition) is 0. The number of pyridine rings is 1. The Bertz CT molecular complexity index is 835. The summed E-state index contributed by atoms with van der Waals surface area (Å²) in [7, 11) is 0. The first-order valence-corrected chi connectivity index (χ1v) is 7.20. The van der Waals surface area contributed by atoms with Crippen molar-refractivity contribution in [2.24, 2.45) is 0 Å². The van der Waals surface area contributed by atoms with E-state index in [-0.39, 0.29) is 0 Å². The standard InChI is InChI=1S/C17H14F3N3O/c1-11-7-12(10-23-6-2-5-22-23)9-21-16(11)13-3-4-14(18)15(8-13)24-17(19)20/h2-9,17H,10H2,1H3. The molecular formula is C17H14F3N3O. The van der Waals surface area contributed by atoms with Gasteiger partial charge in [-0.3, -0.25) is 9.67 Å². The largest absolute Gasteiger partial charge is 0.432 e. The van der Waals surface area contributed by atoms with E-state index in [9.17, 15) is 13.2 Å². The van der Waals surface area contributed by atoms with Gasteiger partial charge in [0.2, 0.25) is 0 Å². The normalized spacial score (nSPS) is 11.0. The number of halogens is 3. The molecule has 3 aromatic rings. The number of benzene rings is 1. The lowest BCUT2D eigenvalue weighted by Crippen LogP contribution is -2.04. The molecule has 0 saturated heterocycles. The van der Waals surface area contributed by atoms with Crippen LogP contribution in [0.5, 0.6) is 5.75 Å². The summed E-state index contributed by atoms with van der Waals surface area (Å²) in [6.45, 7) is -0.656. The summed E-state index contributed by atoms with van der Waals surface area (Å²) in [5.41, 5.74) is 2.88. The van der Waals surface area contributed by atoms with Gasteiger partial charge in [-0.05, 0) is 42.3 Å². The third-order valence-electron chi connectivity index (χ3n) is 3.46. The molecule has 0 aliphatic carbocycles. The Balaban J connectivity index is 1.89. The van der Waals surface area contributed by atoms with E-state index in [1.54, 1.807) is 17.1 Å². The first-order chi connectivity index (χ1) is 11.5. The summed E-state index contributed by atoms with van der Waals surface area (Å²) < 4.78 is 44.2. The molecule has 7 heteroatoms. The van der Waals surface area contributed by atoms with Crippen molar-refractivity contribution in [3.05, 3.63) is 65.9 Å². The number of aromatic nitrogens is 3. The highest BCUT2D eigenvalue weighted by Gasteiger charge is 2.13. The van der Waals surface area contributed by atoms with Crippen molar-refractivity contribution in [3.63, 3.8) is 0 Å². The van der Waals surface area contributed by atoms with Gasteiger partial charge in [0.15, 0.2) is 11.6 Å². The quantitative estimate of drug-likeness (QED) is 0.707. The Morgan fingerprint density at radius 2 is 2.08 bits per heavy atom. The molecule has 2 heterocycles. The summed E-state index contributed by atoms with van der Waals surface area (Å²) >= 11 is 0. The molecule has 3 rings (SSSR count). The Morgan fingerprint density at radius 1 is 1.25 bits per heavy atom. The fraction of sp³-hybridized carbons (Fsp3) is 0.176. The minimum atomic E-state index is -3.08. The zero-order valence-corrected chi connectivity index (χ0v) is 12.8. The molecule has 0 fully saturated rings. The van der Waals surface area contributed by atoms with Crippen molar-refractivity contribution in [2.45, 2.75) is 20.1 Å². The van der Waals surface area contributed by atoms with E-state index in [0.717, 1.165) is 17.2 Å². The topological polar surface area (TPSA) is 39.9 Å². The molecule has 0 saturated carbocycles. The van der Waals surface area contributed by atoms with E-state index in [2.05, 4.69) is 14.8 Å². The summed E-state index contributed by atoms with van der Waals surface area (Å²) in [6, 6.07) is 7.56. The second-order valence-electron chi connectivity index (χ2n) is 5.24. The van der Waals surface area contributed by atoms with Crippen LogP contribution in [0.3, 0.4) is 0 Å². The van der Waals surface area contributed by atoms with E-state index in [0.29, 0.717) is 17.8 Å². The van der Waals surface area contributed by atoms with Crippen LogP contribution >= 0.6 is 0 Å². The molecule has 2 aromatic heterocycles. The highest BCUT2D eigenvalue weighted by atomic mass is 19.3. The lowest BCUT2D eigenvalue weighted by Gasteiger charge is -2.11. The van der Waals surface area contributed by atoms with Crippen LogP contribution < -0.4 is 4.74 Å². The van der Waals surface area contributed by atoms with Gasteiger partial charge in [0.25, 0.3) is 0 Å². The van der Waals surface area contributed by atoms with Gasteiger partial charge in [-0.15, -0.1) is 0 Å². The maximum atomic E-state index is 13.5. The molecule has 0 radical (unpaired) electrons. The third-order valence-corrected chi connectivity index (χ3v) is 3.46. The zero-order valence-electron chi connectivity index (χ0n) is 12.8. The molecular weight excluding hydrogens is 319 g/mol. The Labute approximate surface area is 136 Å². The summed E-state index contributed by atoms with van der Waals surface area (Å²) in [5, 5.41) is 4.13. The molecule has 0 unspecified atom stereocenters. The minimum Gasteiger partial charge on any atom is -0.432 e. The molecule has 0 amide bonds. The monoisotopic (exact) mass is 333 g/mol. The summed E-state index contributed by atoms with van der Waals surface area (Å²) in [4.78, 5) is 4.37.